The molecule has 39 heavy (non-hydrogen) atoms. The van der Waals surface area contributed by atoms with Gasteiger partial charge in [0.25, 0.3) is 0 Å². The Morgan fingerprint density at radius 3 is 2.44 bits per heavy atom. The normalized spacial score (nSPS) is 23.6. The molecule has 1 aromatic carbocycles. The summed E-state index contributed by atoms with van der Waals surface area (Å²) >= 11 is 0. The number of carbonyl (C=O) groups is 2. The molecule has 1 aromatic rings. The molecule has 3 aliphatic heterocycles. The van der Waals surface area contributed by atoms with Crippen molar-refractivity contribution in [3.8, 4) is 5.75 Å². The first-order valence-electron chi connectivity index (χ1n) is 12.8. The van der Waals surface area contributed by atoms with Crippen LogP contribution in [-0.2, 0) is 36.1 Å². The molecule has 4 rings (SSSR count). The van der Waals surface area contributed by atoms with Crippen LogP contribution in [0, 0.1) is 5.92 Å². The van der Waals surface area contributed by atoms with E-state index in [0.717, 1.165) is 50.8 Å². The van der Waals surface area contributed by atoms with Crippen molar-refractivity contribution in [1.82, 2.24) is 13.9 Å². The summed E-state index contributed by atoms with van der Waals surface area (Å²) in [6.45, 7) is 2.64. The number of carboxylic acid groups (broad SMARTS) is 2. The molecule has 14 heteroatoms. The zero-order chi connectivity index (χ0) is 28.8. The maximum absolute atomic E-state index is 13.2. The lowest BCUT2D eigenvalue weighted by Gasteiger charge is -2.51. The maximum Gasteiger partial charge on any atom is 0.328 e. The number of nitrogens with one attached hydrogen (secondary N) is 1. The Morgan fingerprint density at radius 2 is 1.82 bits per heavy atom. The van der Waals surface area contributed by atoms with Crippen LogP contribution in [0.5, 0.6) is 5.75 Å². The van der Waals surface area contributed by atoms with Gasteiger partial charge in [-0.2, -0.15) is 4.31 Å². The molecule has 0 aliphatic carbocycles. The van der Waals surface area contributed by atoms with E-state index in [9.17, 15) is 26.4 Å². The van der Waals surface area contributed by atoms with Crippen molar-refractivity contribution in [2.45, 2.75) is 44.2 Å². The van der Waals surface area contributed by atoms with E-state index < -0.39 is 32.0 Å². The Kier molecular flexibility index (Phi) is 10.5. The highest BCUT2D eigenvalue weighted by Crippen LogP contribution is 2.44. The molecule has 0 aromatic heterocycles. The average molecular weight is 588 g/mol. The van der Waals surface area contributed by atoms with Gasteiger partial charge in [0.15, 0.2) is 0 Å². The average Bonchev–Trinajstić information content (AvgIpc) is 2.88. The lowest BCUT2D eigenvalue weighted by atomic mass is 9.77. The zero-order valence-corrected chi connectivity index (χ0v) is 23.8. The number of carboxylic acids is 2. The number of hydrogen-bond donors (Lipinski definition) is 3. The number of piperidine rings is 2. The Balaban J connectivity index is 0.000000459. The van der Waals surface area contributed by atoms with Gasteiger partial charge in [0.05, 0.1) is 19.1 Å². The number of hydrogen-bond acceptors (Lipinski definition) is 8. The molecule has 218 valence electrons. The van der Waals surface area contributed by atoms with E-state index in [2.05, 4.69) is 21.8 Å². The van der Waals surface area contributed by atoms with Crippen molar-refractivity contribution in [1.29, 1.82) is 0 Å². The monoisotopic (exact) mass is 587 g/mol. The van der Waals surface area contributed by atoms with Gasteiger partial charge in [0.2, 0.25) is 20.0 Å². The Bertz CT molecular complexity index is 1270. The van der Waals surface area contributed by atoms with Crippen molar-refractivity contribution >= 4 is 32.0 Å². The standard InChI is InChI=1S/C21H33N3O5S2.C4H4O4/c1-29-18-6-7-19-16(13-18)8-11-23-15-17-5-3-10-24(20(17)14-21(19)23)31(27,28)12-4-9-22-30(2,25)26;5-3(6)1-2-4(7)8/h6-7,13,17,20-22H,3-5,8-12,14-15H2,1-2H3;1-2H,(H,5,6)(H,7,8)/b;2-1-/t17-,20+,21+;/m1./s1. The molecular weight excluding hydrogens is 550 g/mol. The van der Waals surface area contributed by atoms with Gasteiger partial charge in [0.1, 0.15) is 5.75 Å². The molecule has 3 N–H and O–H groups in total. The summed E-state index contributed by atoms with van der Waals surface area (Å²) in [5.41, 5.74) is 2.60. The van der Waals surface area contributed by atoms with Crippen LogP contribution in [0.15, 0.2) is 30.4 Å². The highest BCUT2D eigenvalue weighted by Gasteiger charge is 2.45. The minimum absolute atomic E-state index is 0.0101. The first-order valence-corrected chi connectivity index (χ1v) is 16.3. The number of fused-ring (bicyclic) bond motifs is 4. The minimum atomic E-state index is -3.44. The second-order valence-corrected chi connectivity index (χ2v) is 13.9. The van der Waals surface area contributed by atoms with E-state index in [-0.39, 0.29) is 30.8 Å². The highest BCUT2D eigenvalue weighted by atomic mass is 32.2. The van der Waals surface area contributed by atoms with Crippen LogP contribution in [0.25, 0.3) is 0 Å². The third-order valence-electron chi connectivity index (χ3n) is 7.29. The molecule has 2 fully saturated rings. The molecular formula is C25H37N3O9S2. The fourth-order valence-electron chi connectivity index (χ4n) is 5.63. The Morgan fingerprint density at radius 1 is 1.13 bits per heavy atom. The van der Waals surface area contributed by atoms with E-state index in [1.54, 1.807) is 11.4 Å². The second kappa shape index (κ2) is 13.2. The quantitative estimate of drug-likeness (QED) is 0.280. The summed E-state index contributed by atoms with van der Waals surface area (Å²) in [6.07, 6.45) is 6.23. The number of rotatable bonds is 9. The number of ether oxygens (including phenoxy) is 1. The molecule has 0 unspecified atom stereocenters. The second-order valence-electron chi connectivity index (χ2n) is 9.99. The van der Waals surface area contributed by atoms with Crippen LogP contribution in [0.3, 0.4) is 0 Å². The lowest BCUT2D eigenvalue weighted by molar-refractivity contribution is -0.134. The fourth-order valence-corrected chi connectivity index (χ4v) is 7.97. The third kappa shape index (κ3) is 8.73. The van der Waals surface area contributed by atoms with Crippen LogP contribution in [0.4, 0.5) is 0 Å². The van der Waals surface area contributed by atoms with Crippen LogP contribution in [0.1, 0.15) is 42.9 Å². The van der Waals surface area contributed by atoms with Gasteiger partial charge in [-0.3, -0.25) is 4.90 Å². The number of aliphatic carboxylic acids is 2. The van der Waals surface area contributed by atoms with Gasteiger partial charge in [-0.05, 0) is 61.3 Å². The van der Waals surface area contributed by atoms with E-state index in [1.165, 1.54) is 11.1 Å². The van der Waals surface area contributed by atoms with E-state index in [0.29, 0.717) is 24.6 Å². The molecule has 0 amide bonds. The first kappa shape index (κ1) is 31.0. The smallest absolute Gasteiger partial charge is 0.328 e. The van der Waals surface area contributed by atoms with Gasteiger partial charge in [-0.15, -0.1) is 0 Å². The predicted molar refractivity (Wildman–Crippen MR) is 145 cm³/mol. The van der Waals surface area contributed by atoms with Crippen LogP contribution in [0.2, 0.25) is 0 Å². The summed E-state index contributed by atoms with van der Waals surface area (Å²) in [6, 6.07) is 6.50. The highest BCUT2D eigenvalue weighted by molar-refractivity contribution is 7.89. The topological polar surface area (TPSA) is 171 Å². The largest absolute Gasteiger partial charge is 0.497 e. The maximum atomic E-state index is 13.2. The van der Waals surface area contributed by atoms with E-state index in [1.807, 2.05) is 6.07 Å². The number of benzene rings is 1. The fraction of sp³-hybridized carbons (Fsp3) is 0.600. The molecule has 0 radical (unpaired) electrons. The van der Waals surface area contributed by atoms with Gasteiger partial charge in [0, 0.05) is 50.4 Å². The number of nitrogens with zero attached hydrogens (tertiary/aromatic N) is 2. The van der Waals surface area contributed by atoms with Crippen molar-refractivity contribution in [2.24, 2.45) is 5.92 Å². The third-order valence-corrected chi connectivity index (χ3v) is 9.99. The Hall–Kier alpha value is -2.52. The number of sulfonamides is 2. The van der Waals surface area contributed by atoms with Gasteiger partial charge in [-0.1, -0.05) is 6.07 Å². The SMILES string of the molecule is COc1ccc2c(c1)CCN1C[C@H]3CCCN(S(=O)(=O)CCCNS(C)(=O)=O)[C@H]3C[C@@H]21.O=C(O)/C=C\C(=O)O. The Labute approximate surface area is 229 Å². The molecule has 0 bridgehead atoms. The summed E-state index contributed by atoms with van der Waals surface area (Å²) < 4.78 is 58.3. The van der Waals surface area contributed by atoms with Gasteiger partial charge < -0.3 is 14.9 Å². The molecule has 3 heterocycles. The van der Waals surface area contributed by atoms with Crippen molar-refractivity contribution < 1.29 is 41.4 Å². The van der Waals surface area contributed by atoms with E-state index >= 15 is 0 Å². The molecule has 0 spiro atoms. The predicted octanol–water partition coefficient (Wildman–Crippen LogP) is 1.06. The van der Waals surface area contributed by atoms with Crippen molar-refractivity contribution in [3.63, 3.8) is 0 Å². The summed E-state index contributed by atoms with van der Waals surface area (Å²) in [5.74, 6) is -1.32. The van der Waals surface area contributed by atoms with Crippen molar-refractivity contribution in [2.75, 3.05) is 45.3 Å². The van der Waals surface area contributed by atoms with Gasteiger partial charge >= 0.3 is 11.9 Å². The first-order chi connectivity index (χ1) is 18.3. The molecule has 2 saturated heterocycles. The molecule has 3 aliphatic rings. The van der Waals surface area contributed by atoms with Gasteiger partial charge in [-0.25, -0.2) is 31.1 Å². The van der Waals surface area contributed by atoms with Crippen LogP contribution >= 0.6 is 0 Å². The summed E-state index contributed by atoms with van der Waals surface area (Å²) in [7, 11) is -5.06. The van der Waals surface area contributed by atoms with Crippen molar-refractivity contribution in [3.05, 3.63) is 41.5 Å². The summed E-state index contributed by atoms with van der Waals surface area (Å²) in [5, 5.41) is 15.6. The molecule has 12 nitrogen and oxygen atoms in total. The lowest BCUT2D eigenvalue weighted by Crippen LogP contribution is -2.57. The van der Waals surface area contributed by atoms with Crippen LogP contribution in [-0.4, -0.2) is 99.5 Å². The summed E-state index contributed by atoms with van der Waals surface area (Å²) in [4.78, 5) is 21.6. The number of methoxy groups -OCH3 is 1. The van der Waals surface area contributed by atoms with Crippen LogP contribution < -0.4 is 9.46 Å². The molecule has 3 atom stereocenters. The zero-order valence-electron chi connectivity index (χ0n) is 22.2. The minimum Gasteiger partial charge on any atom is -0.497 e. The molecule has 0 saturated carbocycles. The van der Waals surface area contributed by atoms with E-state index in [4.69, 9.17) is 14.9 Å².